The van der Waals surface area contributed by atoms with Gasteiger partial charge in [-0.15, -0.1) is 12.3 Å². The van der Waals surface area contributed by atoms with Crippen molar-refractivity contribution in [2.24, 2.45) is 0 Å². The zero-order valence-electron chi connectivity index (χ0n) is 11.4. The van der Waals surface area contributed by atoms with Gasteiger partial charge in [0, 0.05) is 19.3 Å². The minimum atomic E-state index is -3.09. The molecule has 0 saturated heterocycles. The number of Topliss-reactive ketones (excluding diaryl/α,β-unsaturated/α-hetero) is 1. The summed E-state index contributed by atoms with van der Waals surface area (Å²) in [5.74, 6) is 3.16. The predicted octanol–water partition coefficient (Wildman–Crippen LogP) is 2.88. The van der Waals surface area contributed by atoms with Gasteiger partial charge in [-0.05, 0) is 25.3 Å². The fraction of sp³-hybridized carbons (Fsp3) is 0.438. The van der Waals surface area contributed by atoms with Crippen LogP contribution in [0.25, 0.3) is 0 Å². The Morgan fingerprint density at radius 1 is 1.45 bits per heavy atom. The number of hydrogen-bond acceptors (Lipinski definition) is 2. The van der Waals surface area contributed by atoms with Crippen molar-refractivity contribution in [3.05, 3.63) is 24.3 Å². The number of aliphatic hydroxyl groups is 1. The first-order valence-corrected chi connectivity index (χ1v) is 6.22. The highest BCUT2D eigenvalue weighted by Crippen LogP contribution is 2.20. The third-order valence-electron chi connectivity index (χ3n) is 2.23. The van der Waals surface area contributed by atoms with Gasteiger partial charge in [-0.3, -0.25) is 0 Å². The van der Waals surface area contributed by atoms with Gasteiger partial charge in [-0.1, -0.05) is 24.1 Å². The summed E-state index contributed by atoms with van der Waals surface area (Å²) in [6.45, 7) is 1.37. The topological polar surface area (TPSA) is 37.3 Å². The van der Waals surface area contributed by atoms with E-state index < -0.39 is 18.4 Å². The maximum atomic E-state index is 13.2. The second-order valence-electron chi connectivity index (χ2n) is 4.25. The number of carbonyl (C=O) groups excluding carboxylic acids is 1. The van der Waals surface area contributed by atoms with E-state index in [4.69, 9.17) is 6.42 Å². The second kappa shape index (κ2) is 9.95. The number of alkyl halides is 2. The lowest BCUT2D eigenvalue weighted by molar-refractivity contribution is -0.117. The Hall–Kier alpha value is -1.91. The summed E-state index contributed by atoms with van der Waals surface area (Å²) in [6.07, 6.45) is 9.94. The SMILES string of the molecule is C#CC[C@@H](O)/C=C/C=C/C#CC(F)(F)CCCC(C)=O. The first-order valence-electron chi connectivity index (χ1n) is 6.22. The number of rotatable bonds is 7. The zero-order valence-corrected chi connectivity index (χ0v) is 11.4. The van der Waals surface area contributed by atoms with Gasteiger partial charge in [0.25, 0.3) is 0 Å². The molecule has 0 fully saturated rings. The number of halogens is 2. The van der Waals surface area contributed by atoms with Gasteiger partial charge in [-0.2, -0.15) is 8.78 Å². The molecule has 0 aromatic rings. The van der Waals surface area contributed by atoms with Gasteiger partial charge in [0.05, 0.1) is 6.10 Å². The van der Waals surface area contributed by atoms with Crippen LogP contribution in [-0.2, 0) is 4.79 Å². The third-order valence-corrected chi connectivity index (χ3v) is 2.23. The van der Waals surface area contributed by atoms with E-state index in [1.54, 1.807) is 0 Å². The number of hydrogen-bond donors (Lipinski definition) is 1. The molecule has 0 radical (unpaired) electrons. The summed E-state index contributed by atoms with van der Waals surface area (Å²) in [6, 6.07) is 0. The van der Waals surface area contributed by atoms with Crippen LogP contribution in [0.5, 0.6) is 0 Å². The van der Waals surface area contributed by atoms with Crippen molar-refractivity contribution < 1.29 is 18.7 Å². The Morgan fingerprint density at radius 3 is 2.75 bits per heavy atom. The summed E-state index contributed by atoms with van der Waals surface area (Å²) in [4.78, 5) is 10.6. The standard InChI is InChI=1S/C16H18F2O2/c1-3-9-15(20)11-6-4-5-7-12-16(17,18)13-8-10-14(2)19/h1,4-6,11,15,20H,8-10,13H2,2H3/b5-4+,11-6+/t15-/m1/s1. The summed E-state index contributed by atoms with van der Waals surface area (Å²) in [5, 5.41) is 9.23. The van der Waals surface area contributed by atoms with Gasteiger partial charge >= 0.3 is 5.92 Å². The van der Waals surface area contributed by atoms with E-state index in [0.29, 0.717) is 0 Å². The molecular formula is C16H18F2O2. The Balaban J connectivity index is 4.17. The molecule has 2 nitrogen and oxygen atoms in total. The lowest BCUT2D eigenvalue weighted by atomic mass is 10.1. The summed E-state index contributed by atoms with van der Waals surface area (Å²) in [7, 11) is 0. The molecule has 0 spiro atoms. The molecular weight excluding hydrogens is 262 g/mol. The Kier molecular flexibility index (Phi) is 9.00. The number of terminal acetylenes is 1. The summed E-state index contributed by atoms with van der Waals surface area (Å²) < 4.78 is 26.4. The van der Waals surface area contributed by atoms with Gasteiger partial charge < -0.3 is 9.90 Å². The largest absolute Gasteiger partial charge is 0.388 e. The molecule has 0 aromatic heterocycles. The average molecular weight is 280 g/mol. The molecule has 4 heteroatoms. The predicted molar refractivity (Wildman–Crippen MR) is 75.0 cm³/mol. The lowest BCUT2D eigenvalue weighted by Crippen LogP contribution is -2.12. The molecule has 20 heavy (non-hydrogen) atoms. The second-order valence-corrected chi connectivity index (χ2v) is 4.25. The number of allylic oxidation sites excluding steroid dienone is 3. The molecule has 0 rings (SSSR count). The van der Waals surface area contributed by atoms with Crippen molar-refractivity contribution >= 4 is 5.78 Å². The van der Waals surface area contributed by atoms with Gasteiger partial charge in [0.1, 0.15) is 5.78 Å². The third kappa shape index (κ3) is 11.2. The maximum absolute atomic E-state index is 13.2. The number of aliphatic hydroxyl groups excluding tert-OH is 1. The summed E-state index contributed by atoms with van der Waals surface area (Å²) >= 11 is 0. The molecule has 0 unspecified atom stereocenters. The highest BCUT2D eigenvalue weighted by atomic mass is 19.3. The van der Waals surface area contributed by atoms with Crippen molar-refractivity contribution in [3.63, 3.8) is 0 Å². The molecule has 0 bridgehead atoms. The fourth-order valence-corrected chi connectivity index (χ4v) is 1.25. The van der Waals surface area contributed by atoms with Crippen LogP contribution in [0.2, 0.25) is 0 Å². The molecule has 0 amide bonds. The van der Waals surface area contributed by atoms with Crippen LogP contribution in [0.1, 0.15) is 32.6 Å². The highest BCUT2D eigenvalue weighted by Gasteiger charge is 2.24. The molecule has 108 valence electrons. The van der Waals surface area contributed by atoms with Crippen molar-refractivity contribution in [3.8, 4) is 24.2 Å². The summed E-state index contributed by atoms with van der Waals surface area (Å²) in [5.41, 5.74) is 0. The molecule has 0 aliphatic rings. The van der Waals surface area contributed by atoms with Gasteiger partial charge in [-0.25, -0.2) is 0 Å². The Bertz CT molecular complexity index is 459. The minimum Gasteiger partial charge on any atom is -0.388 e. The smallest absolute Gasteiger partial charge is 0.308 e. The lowest BCUT2D eigenvalue weighted by Gasteiger charge is -2.07. The molecule has 0 heterocycles. The monoisotopic (exact) mass is 280 g/mol. The van der Waals surface area contributed by atoms with Crippen LogP contribution in [-0.4, -0.2) is 22.9 Å². The van der Waals surface area contributed by atoms with Crippen LogP contribution >= 0.6 is 0 Å². The van der Waals surface area contributed by atoms with Crippen LogP contribution < -0.4 is 0 Å². The highest BCUT2D eigenvalue weighted by molar-refractivity contribution is 5.75. The van der Waals surface area contributed by atoms with E-state index in [0.717, 1.165) is 0 Å². The van der Waals surface area contributed by atoms with E-state index in [-0.39, 0.29) is 25.0 Å². The fourth-order valence-electron chi connectivity index (χ4n) is 1.25. The maximum Gasteiger partial charge on any atom is 0.308 e. The van der Waals surface area contributed by atoms with E-state index in [1.165, 1.54) is 31.2 Å². The van der Waals surface area contributed by atoms with E-state index >= 15 is 0 Å². The minimum absolute atomic E-state index is 0.107. The van der Waals surface area contributed by atoms with Crippen LogP contribution in [0, 0.1) is 24.2 Å². The first-order chi connectivity index (χ1) is 9.37. The van der Waals surface area contributed by atoms with Crippen molar-refractivity contribution in [1.29, 1.82) is 0 Å². The number of ketones is 1. The molecule has 1 atom stereocenters. The van der Waals surface area contributed by atoms with E-state index in [1.807, 2.05) is 5.92 Å². The normalized spacial score (nSPS) is 12.9. The molecule has 0 aliphatic heterocycles. The van der Waals surface area contributed by atoms with E-state index in [2.05, 4.69) is 11.8 Å². The molecule has 0 aliphatic carbocycles. The van der Waals surface area contributed by atoms with E-state index in [9.17, 15) is 18.7 Å². The molecule has 1 N–H and O–H groups in total. The van der Waals surface area contributed by atoms with Gasteiger partial charge in [0.2, 0.25) is 0 Å². The van der Waals surface area contributed by atoms with Gasteiger partial charge in [0.15, 0.2) is 0 Å². The van der Waals surface area contributed by atoms with Crippen LogP contribution in [0.3, 0.4) is 0 Å². The van der Waals surface area contributed by atoms with Crippen molar-refractivity contribution in [2.75, 3.05) is 0 Å². The van der Waals surface area contributed by atoms with Crippen molar-refractivity contribution in [2.45, 2.75) is 44.6 Å². The first kappa shape index (κ1) is 18.1. The Morgan fingerprint density at radius 2 is 2.15 bits per heavy atom. The van der Waals surface area contributed by atoms with Crippen molar-refractivity contribution in [1.82, 2.24) is 0 Å². The van der Waals surface area contributed by atoms with Crippen LogP contribution in [0.15, 0.2) is 24.3 Å². The Labute approximate surface area is 118 Å². The quantitative estimate of drug-likeness (QED) is 0.575. The molecule has 0 aromatic carbocycles. The molecule has 0 saturated carbocycles. The van der Waals surface area contributed by atoms with Crippen LogP contribution in [0.4, 0.5) is 8.78 Å². The number of carbonyl (C=O) groups is 1. The zero-order chi connectivity index (χ0) is 15.4. The average Bonchev–Trinajstić information content (AvgIpc) is 2.33.